The van der Waals surface area contributed by atoms with Crippen molar-refractivity contribution >= 4 is 23.5 Å². The number of likely N-dealkylation sites (N-methyl/N-ethyl adjacent to an activating group) is 1. The molecular formula is C20H31N4O3+. The van der Waals surface area contributed by atoms with Crippen molar-refractivity contribution in [1.82, 2.24) is 10.6 Å². The highest BCUT2D eigenvalue weighted by Crippen LogP contribution is 2.17. The molecule has 0 heterocycles. The molecule has 1 fully saturated rings. The van der Waals surface area contributed by atoms with E-state index in [9.17, 15) is 14.4 Å². The van der Waals surface area contributed by atoms with Crippen molar-refractivity contribution in [2.24, 2.45) is 0 Å². The third-order valence-electron chi connectivity index (χ3n) is 5.08. The molecule has 4 N–H and O–H groups in total. The Hall–Kier alpha value is -2.41. The van der Waals surface area contributed by atoms with Crippen LogP contribution in [-0.2, 0) is 9.59 Å². The molecule has 1 unspecified atom stereocenters. The molecule has 0 bridgehead atoms. The number of quaternary nitrogens is 1. The standard InChI is InChI=1S/C20H30N4O3/c1-14-9-11-17(12-10-14)21-18(25)13-24(3)15(2)19(26)23-20(27)22-16-7-5-4-6-8-16/h9-12,15-16H,4-8,13H2,1-3H3,(H,21,25)(H2,22,23,26,27)/p+1/t15-/m0/s1. The van der Waals surface area contributed by atoms with Gasteiger partial charge in [-0.15, -0.1) is 0 Å². The van der Waals surface area contributed by atoms with Gasteiger partial charge < -0.3 is 15.5 Å². The van der Waals surface area contributed by atoms with Crippen molar-refractivity contribution in [1.29, 1.82) is 0 Å². The molecule has 7 nitrogen and oxygen atoms in total. The molecule has 1 aliphatic carbocycles. The van der Waals surface area contributed by atoms with Crippen LogP contribution in [0.4, 0.5) is 10.5 Å². The number of amides is 4. The molecule has 7 heteroatoms. The number of carbonyl (C=O) groups is 3. The van der Waals surface area contributed by atoms with E-state index in [0.717, 1.165) is 36.9 Å². The van der Waals surface area contributed by atoms with Gasteiger partial charge in [0.25, 0.3) is 11.8 Å². The summed E-state index contributed by atoms with van der Waals surface area (Å²) in [6.45, 7) is 3.82. The van der Waals surface area contributed by atoms with Crippen LogP contribution in [0.15, 0.2) is 24.3 Å². The Morgan fingerprint density at radius 1 is 1.11 bits per heavy atom. The number of hydrogen-bond donors (Lipinski definition) is 4. The lowest BCUT2D eigenvalue weighted by Crippen LogP contribution is -3.15. The largest absolute Gasteiger partial charge is 0.335 e. The van der Waals surface area contributed by atoms with Gasteiger partial charge in [0.1, 0.15) is 0 Å². The van der Waals surface area contributed by atoms with E-state index in [1.54, 1.807) is 14.0 Å². The fourth-order valence-corrected chi connectivity index (χ4v) is 3.16. The molecule has 0 aliphatic heterocycles. The monoisotopic (exact) mass is 375 g/mol. The first-order chi connectivity index (χ1) is 12.8. The number of nitrogens with one attached hydrogen (secondary N) is 4. The van der Waals surface area contributed by atoms with Crippen LogP contribution in [-0.4, -0.2) is 43.5 Å². The first-order valence-corrected chi connectivity index (χ1v) is 9.65. The Morgan fingerprint density at radius 2 is 1.74 bits per heavy atom. The SMILES string of the molecule is Cc1ccc(NC(=O)C[NH+](C)[C@@H](C)C(=O)NC(=O)NC2CCCCC2)cc1. The minimum absolute atomic E-state index is 0.132. The van der Waals surface area contributed by atoms with Crippen molar-refractivity contribution in [3.63, 3.8) is 0 Å². The minimum Gasteiger partial charge on any atom is -0.335 e. The molecule has 2 atom stereocenters. The summed E-state index contributed by atoms with van der Waals surface area (Å²) in [6, 6.07) is 6.71. The van der Waals surface area contributed by atoms with Gasteiger partial charge in [0.05, 0.1) is 7.05 Å². The number of benzene rings is 1. The molecule has 4 amide bonds. The van der Waals surface area contributed by atoms with Crippen LogP contribution in [0, 0.1) is 6.92 Å². The Labute approximate surface area is 160 Å². The first-order valence-electron chi connectivity index (χ1n) is 9.65. The maximum atomic E-state index is 12.3. The molecular weight excluding hydrogens is 344 g/mol. The zero-order valence-corrected chi connectivity index (χ0v) is 16.4. The minimum atomic E-state index is -0.522. The van der Waals surface area contributed by atoms with E-state index in [1.807, 2.05) is 31.2 Å². The van der Waals surface area contributed by atoms with Gasteiger partial charge in [0.2, 0.25) is 0 Å². The Kier molecular flexibility index (Phi) is 7.79. The zero-order chi connectivity index (χ0) is 19.8. The van der Waals surface area contributed by atoms with E-state index in [4.69, 9.17) is 0 Å². The summed E-state index contributed by atoms with van der Waals surface area (Å²) < 4.78 is 0. The highest BCUT2D eigenvalue weighted by molar-refractivity contribution is 5.96. The summed E-state index contributed by atoms with van der Waals surface area (Å²) in [5.74, 6) is -0.563. The third-order valence-corrected chi connectivity index (χ3v) is 5.08. The predicted molar refractivity (Wildman–Crippen MR) is 105 cm³/mol. The second-order valence-electron chi connectivity index (χ2n) is 7.46. The molecule has 1 aromatic carbocycles. The van der Waals surface area contributed by atoms with Crippen LogP contribution in [0.25, 0.3) is 0 Å². The van der Waals surface area contributed by atoms with Gasteiger partial charge in [0.15, 0.2) is 12.6 Å². The molecule has 0 radical (unpaired) electrons. The van der Waals surface area contributed by atoms with E-state index in [-0.39, 0.29) is 24.4 Å². The van der Waals surface area contributed by atoms with Gasteiger partial charge in [-0.25, -0.2) is 4.79 Å². The van der Waals surface area contributed by atoms with Crippen LogP contribution < -0.4 is 20.9 Å². The van der Waals surface area contributed by atoms with Crippen LogP contribution >= 0.6 is 0 Å². The van der Waals surface area contributed by atoms with E-state index < -0.39 is 12.1 Å². The number of anilines is 1. The fraction of sp³-hybridized carbons (Fsp3) is 0.550. The van der Waals surface area contributed by atoms with Gasteiger partial charge in [0, 0.05) is 11.7 Å². The van der Waals surface area contributed by atoms with Gasteiger partial charge in [-0.3, -0.25) is 14.9 Å². The van der Waals surface area contributed by atoms with Crippen molar-refractivity contribution in [2.75, 3.05) is 18.9 Å². The molecule has 1 aromatic rings. The maximum Gasteiger partial charge on any atom is 0.321 e. The van der Waals surface area contributed by atoms with Crippen molar-refractivity contribution in [2.45, 2.75) is 58.0 Å². The second-order valence-corrected chi connectivity index (χ2v) is 7.46. The van der Waals surface area contributed by atoms with Gasteiger partial charge in [-0.05, 0) is 38.8 Å². The number of urea groups is 1. The molecule has 1 saturated carbocycles. The van der Waals surface area contributed by atoms with Crippen LogP contribution in [0.1, 0.15) is 44.6 Å². The highest BCUT2D eigenvalue weighted by atomic mass is 16.2. The topological polar surface area (TPSA) is 91.7 Å². The second kappa shape index (κ2) is 10.1. The molecule has 27 heavy (non-hydrogen) atoms. The molecule has 0 aromatic heterocycles. The van der Waals surface area contributed by atoms with Crippen molar-refractivity contribution in [3.8, 4) is 0 Å². The summed E-state index contributed by atoms with van der Waals surface area (Å²) in [5, 5.41) is 8.08. The number of rotatable bonds is 6. The van der Waals surface area contributed by atoms with E-state index in [1.165, 1.54) is 6.42 Å². The van der Waals surface area contributed by atoms with Crippen LogP contribution in [0.5, 0.6) is 0 Å². The Morgan fingerprint density at radius 3 is 2.37 bits per heavy atom. The molecule has 2 rings (SSSR count). The average molecular weight is 375 g/mol. The quantitative estimate of drug-likeness (QED) is 0.598. The Bertz CT molecular complexity index is 654. The smallest absolute Gasteiger partial charge is 0.321 e. The molecule has 0 spiro atoms. The van der Waals surface area contributed by atoms with Crippen molar-refractivity contribution < 1.29 is 19.3 Å². The summed E-state index contributed by atoms with van der Waals surface area (Å²) in [7, 11) is 1.76. The maximum absolute atomic E-state index is 12.3. The Balaban J connectivity index is 1.76. The average Bonchev–Trinajstić information content (AvgIpc) is 2.63. The van der Waals surface area contributed by atoms with E-state index in [2.05, 4.69) is 16.0 Å². The predicted octanol–water partition coefficient (Wildman–Crippen LogP) is 0.995. The molecule has 0 saturated heterocycles. The van der Waals surface area contributed by atoms with Crippen LogP contribution in [0.2, 0.25) is 0 Å². The summed E-state index contributed by atoms with van der Waals surface area (Å²) >= 11 is 0. The number of imide groups is 1. The van der Waals surface area contributed by atoms with Gasteiger partial charge >= 0.3 is 6.03 Å². The first kappa shape index (κ1) is 20.9. The lowest BCUT2D eigenvalue weighted by atomic mass is 9.96. The van der Waals surface area contributed by atoms with Crippen LogP contribution in [0.3, 0.4) is 0 Å². The number of hydrogen-bond acceptors (Lipinski definition) is 3. The number of aryl methyl sites for hydroxylation is 1. The van der Waals surface area contributed by atoms with E-state index in [0.29, 0.717) is 4.90 Å². The van der Waals surface area contributed by atoms with Crippen molar-refractivity contribution in [3.05, 3.63) is 29.8 Å². The molecule has 1 aliphatic rings. The normalized spacial score (nSPS) is 16.9. The summed E-state index contributed by atoms with van der Waals surface area (Å²) in [4.78, 5) is 37.2. The van der Waals surface area contributed by atoms with E-state index >= 15 is 0 Å². The number of carbonyl (C=O) groups excluding carboxylic acids is 3. The summed E-state index contributed by atoms with van der Waals surface area (Å²) in [6.07, 6.45) is 5.34. The third kappa shape index (κ3) is 7.02. The fourth-order valence-electron chi connectivity index (χ4n) is 3.16. The highest BCUT2D eigenvalue weighted by Gasteiger charge is 2.26. The van der Waals surface area contributed by atoms with Gasteiger partial charge in [-0.2, -0.15) is 0 Å². The zero-order valence-electron chi connectivity index (χ0n) is 16.4. The summed E-state index contributed by atoms with van der Waals surface area (Å²) in [5.41, 5.74) is 1.84. The molecule has 148 valence electrons. The lowest BCUT2D eigenvalue weighted by Gasteiger charge is -2.24. The van der Waals surface area contributed by atoms with Gasteiger partial charge in [-0.1, -0.05) is 37.0 Å². The lowest BCUT2D eigenvalue weighted by molar-refractivity contribution is -0.885.